The molecule has 10 heteroatoms. The van der Waals surface area contributed by atoms with Crippen LogP contribution in [0.25, 0.3) is 0 Å². The van der Waals surface area contributed by atoms with Crippen molar-refractivity contribution in [1.82, 2.24) is 9.21 Å². The van der Waals surface area contributed by atoms with Gasteiger partial charge in [-0.15, -0.1) is 0 Å². The van der Waals surface area contributed by atoms with E-state index >= 15 is 0 Å². The van der Waals surface area contributed by atoms with Gasteiger partial charge in [-0.3, -0.25) is 9.69 Å². The molecule has 5 aliphatic rings. The van der Waals surface area contributed by atoms with Crippen molar-refractivity contribution < 1.29 is 31.5 Å². The van der Waals surface area contributed by atoms with E-state index in [1.807, 2.05) is 6.92 Å². The molecule has 0 bridgehead atoms. The molecule has 1 aromatic rings. The van der Waals surface area contributed by atoms with Gasteiger partial charge in [0.05, 0.1) is 16.1 Å². The molecule has 240 valence electrons. The molecular weight excluding hydrogens is 577 g/mol. The number of sulfonamides is 1. The summed E-state index contributed by atoms with van der Waals surface area (Å²) in [4.78, 5) is 14.2. The highest BCUT2D eigenvalue weighted by Crippen LogP contribution is 2.66. The second-order valence-electron chi connectivity index (χ2n) is 15.2. The van der Waals surface area contributed by atoms with Crippen LogP contribution < -0.4 is 0 Å². The number of carbonyl (C=O) groups excluding carboxylic acids is 1. The van der Waals surface area contributed by atoms with Crippen molar-refractivity contribution in [2.45, 2.75) is 114 Å². The number of benzene rings is 1. The molecule has 0 aromatic heterocycles. The number of piperazine rings is 1. The lowest BCUT2D eigenvalue weighted by Gasteiger charge is -2.61. The van der Waals surface area contributed by atoms with Gasteiger partial charge in [0.15, 0.2) is 0 Å². The standard InChI is InChI=1S/C33H47F3N2O4S/c1-21-19-38(43(41,42)28-8-6-5-7-27(28)33(34,35)36)22(2)18-37(21)20-32(40)16-15-30(3)23(17-32)9-10-24-25-11-12-29(39)31(25,4)14-13-26(24)30/h5-8,21-26,40H,9-20H2,1-4H3/t21?,22?,23-,24-,25-,26-,30-,31-,32+/m0/s1. The number of hydrogen-bond donors (Lipinski definition) is 1. The summed E-state index contributed by atoms with van der Waals surface area (Å²) in [7, 11) is -4.38. The Hall–Kier alpha value is -1.49. The average molecular weight is 625 g/mol. The van der Waals surface area contributed by atoms with Crippen LogP contribution in [0.1, 0.15) is 91.0 Å². The van der Waals surface area contributed by atoms with Gasteiger partial charge in [0.1, 0.15) is 5.78 Å². The van der Waals surface area contributed by atoms with Crippen LogP contribution in [0.15, 0.2) is 29.2 Å². The second kappa shape index (κ2) is 10.5. The monoisotopic (exact) mass is 624 g/mol. The van der Waals surface area contributed by atoms with Gasteiger partial charge < -0.3 is 5.11 Å². The fraction of sp³-hybridized carbons (Fsp3) is 0.788. The molecule has 2 unspecified atom stereocenters. The van der Waals surface area contributed by atoms with Crippen molar-refractivity contribution >= 4 is 15.8 Å². The Balaban J connectivity index is 1.14. The first kappa shape index (κ1) is 31.5. The summed E-state index contributed by atoms with van der Waals surface area (Å²) in [5.74, 6) is 2.54. The van der Waals surface area contributed by atoms with Crippen LogP contribution in [0.2, 0.25) is 0 Å². The van der Waals surface area contributed by atoms with E-state index in [2.05, 4.69) is 18.7 Å². The molecule has 0 amide bonds. The largest absolute Gasteiger partial charge is 0.417 e. The molecule has 43 heavy (non-hydrogen) atoms. The third-order valence-electron chi connectivity index (χ3n) is 12.9. The maximum absolute atomic E-state index is 13.7. The topological polar surface area (TPSA) is 77.9 Å². The Morgan fingerprint density at radius 3 is 2.40 bits per heavy atom. The predicted molar refractivity (Wildman–Crippen MR) is 158 cm³/mol. The molecule has 6 nitrogen and oxygen atoms in total. The number of aliphatic hydroxyl groups is 1. The number of carbonyl (C=O) groups is 1. The van der Waals surface area contributed by atoms with Crippen molar-refractivity contribution in [3.63, 3.8) is 0 Å². The number of nitrogens with zero attached hydrogens (tertiary/aromatic N) is 2. The summed E-state index contributed by atoms with van der Waals surface area (Å²) in [5, 5.41) is 12.0. The summed E-state index contributed by atoms with van der Waals surface area (Å²) in [6, 6.07) is 3.58. The zero-order valence-electron chi connectivity index (χ0n) is 25.9. The third-order valence-corrected chi connectivity index (χ3v) is 14.9. The van der Waals surface area contributed by atoms with Crippen LogP contribution >= 0.6 is 0 Å². The molecule has 4 aliphatic carbocycles. The molecule has 1 saturated heterocycles. The van der Waals surface area contributed by atoms with Gasteiger partial charge >= 0.3 is 6.18 Å². The zero-order valence-corrected chi connectivity index (χ0v) is 26.7. The van der Waals surface area contributed by atoms with Crippen LogP contribution in [0.5, 0.6) is 0 Å². The summed E-state index contributed by atoms with van der Waals surface area (Å²) in [6.07, 6.45) is 3.59. The van der Waals surface area contributed by atoms with Crippen LogP contribution in [-0.4, -0.2) is 65.8 Å². The lowest BCUT2D eigenvalue weighted by Crippen LogP contribution is -2.62. The summed E-state index contributed by atoms with van der Waals surface area (Å²) < 4.78 is 69.3. The Morgan fingerprint density at radius 1 is 0.953 bits per heavy atom. The average Bonchev–Trinajstić information content (AvgIpc) is 3.24. The van der Waals surface area contributed by atoms with Gasteiger partial charge in [0.2, 0.25) is 10.0 Å². The van der Waals surface area contributed by atoms with Gasteiger partial charge in [-0.2, -0.15) is 17.5 Å². The van der Waals surface area contributed by atoms with Gasteiger partial charge in [0.25, 0.3) is 0 Å². The Bertz CT molecular complexity index is 1370. The summed E-state index contributed by atoms with van der Waals surface area (Å²) >= 11 is 0. The highest BCUT2D eigenvalue weighted by Gasteiger charge is 2.61. The quantitative estimate of drug-likeness (QED) is 0.436. The maximum atomic E-state index is 13.7. The molecule has 4 saturated carbocycles. The highest BCUT2D eigenvalue weighted by molar-refractivity contribution is 7.89. The van der Waals surface area contributed by atoms with Crippen LogP contribution in [0.4, 0.5) is 13.2 Å². The lowest BCUT2D eigenvalue weighted by atomic mass is 9.44. The van der Waals surface area contributed by atoms with E-state index in [0.717, 1.165) is 57.1 Å². The first-order valence-corrected chi connectivity index (χ1v) is 17.6. The fourth-order valence-corrected chi connectivity index (χ4v) is 12.3. The van der Waals surface area contributed by atoms with Gasteiger partial charge in [0, 0.05) is 43.6 Å². The molecule has 1 aromatic carbocycles. The number of alkyl halides is 3. The molecular formula is C33H47F3N2O4S. The number of rotatable bonds is 4. The first-order chi connectivity index (χ1) is 20.0. The highest BCUT2D eigenvalue weighted by atomic mass is 32.2. The van der Waals surface area contributed by atoms with Crippen LogP contribution in [0, 0.1) is 34.5 Å². The second-order valence-corrected chi connectivity index (χ2v) is 17.1. The van der Waals surface area contributed by atoms with E-state index in [-0.39, 0.29) is 23.4 Å². The van der Waals surface area contributed by atoms with Crippen molar-refractivity contribution in [3.05, 3.63) is 29.8 Å². The van der Waals surface area contributed by atoms with E-state index in [4.69, 9.17) is 0 Å². The minimum absolute atomic E-state index is 0.0650. The SMILES string of the molecule is CC1CN(S(=O)(=O)c2ccccc2C(F)(F)F)C(C)CN1C[C@@]1(O)CC[C@@]2(C)[C@@H](CC[C@@H]3[C@@H]2CC[C@]2(C)C(=O)CC[C@@H]32)C1. The molecule has 5 fully saturated rings. The zero-order chi connectivity index (χ0) is 31.2. The van der Waals surface area contributed by atoms with Crippen LogP contribution in [-0.2, 0) is 21.0 Å². The van der Waals surface area contributed by atoms with Gasteiger partial charge in [-0.1, -0.05) is 26.0 Å². The van der Waals surface area contributed by atoms with E-state index in [1.165, 1.54) is 16.4 Å². The molecule has 1 aliphatic heterocycles. The van der Waals surface area contributed by atoms with E-state index in [0.29, 0.717) is 55.4 Å². The number of β-amino-alcohol motifs (C(OH)–C–C–N with tert-alkyl or cyclic N) is 1. The van der Waals surface area contributed by atoms with Crippen molar-refractivity contribution in [1.29, 1.82) is 0 Å². The molecule has 1 heterocycles. The van der Waals surface area contributed by atoms with Crippen LogP contribution in [0.3, 0.4) is 0 Å². The van der Waals surface area contributed by atoms with E-state index in [9.17, 15) is 31.5 Å². The number of hydrogen-bond acceptors (Lipinski definition) is 5. The summed E-state index contributed by atoms with van der Waals surface area (Å²) in [5.41, 5.74) is -2.02. The van der Waals surface area contributed by atoms with Crippen molar-refractivity contribution in [2.24, 2.45) is 34.5 Å². The van der Waals surface area contributed by atoms with E-state index < -0.39 is 38.3 Å². The van der Waals surface area contributed by atoms with Crippen molar-refractivity contribution in [3.8, 4) is 0 Å². The maximum Gasteiger partial charge on any atom is 0.417 e. The molecule has 9 atom stereocenters. The van der Waals surface area contributed by atoms with E-state index in [1.54, 1.807) is 6.92 Å². The Kier molecular flexibility index (Phi) is 7.71. The Labute approximate surface area is 254 Å². The van der Waals surface area contributed by atoms with Gasteiger partial charge in [-0.05, 0) is 106 Å². The Morgan fingerprint density at radius 2 is 1.67 bits per heavy atom. The summed E-state index contributed by atoms with van der Waals surface area (Å²) in [6.45, 7) is 9.11. The van der Waals surface area contributed by atoms with Crippen molar-refractivity contribution in [2.75, 3.05) is 19.6 Å². The minimum Gasteiger partial charge on any atom is -0.389 e. The fourth-order valence-electron chi connectivity index (χ4n) is 10.4. The molecule has 0 spiro atoms. The molecule has 6 rings (SSSR count). The number of halogens is 3. The molecule has 1 N–H and O–H groups in total. The van der Waals surface area contributed by atoms with Gasteiger partial charge in [-0.25, -0.2) is 8.42 Å². The first-order valence-electron chi connectivity index (χ1n) is 16.2. The smallest absolute Gasteiger partial charge is 0.389 e. The number of Topliss-reactive ketones (excluding diaryl/α,β-unsaturated/α-hetero) is 1. The minimum atomic E-state index is -4.77. The number of fused-ring (bicyclic) bond motifs is 5. The third kappa shape index (κ3) is 5.10. The lowest BCUT2D eigenvalue weighted by molar-refractivity contribution is -0.159. The normalized spacial score (nSPS) is 42.7. The molecule has 0 radical (unpaired) electrons. The number of ketones is 1. The predicted octanol–water partition coefficient (Wildman–Crippen LogP) is 6.13.